The van der Waals surface area contributed by atoms with Crippen LogP contribution in [0.3, 0.4) is 0 Å². The first-order valence-corrected chi connectivity index (χ1v) is 11.5. The summed E-state index contributed by atoms with van der Waals surface area (Å²) < 4.78 is 28.2. The molecule has 1 saturated heterocycles. The molecule has 0 unspecified atom stereocenters. The summed E-state index contributed by atoms with van der Waals surface area (Å²) in [4.78, 5) is 15.5. The second-order valence-corrected chi connectivity index (χ2v) is 9.26. The maximum absolute atomic E-state index is 13.3. The Labute approximate surface area is 181 Å². The largest absolute Gasteiger partial charge is 0.354 e. The van der Waals surface area contributed by atoms with E-state index in [-0.39, 0.29) is 4.90 Å². The minimum absolute atomic E-state index is 0.257. The van der Waals surface area contributed by atoms with Gasteiger partial charge in [-0.15, -0.1) is 0 Å². The van der Waals surface area contributed by atoms with E-state index in [0.717, 1.165) is 22.5 Å². The molecule has 1 fully saturated rings. The van der Waals surface area contributed by atoms with Crippen molar-refractivity contribution >= 4 is 26.7 Å². The van der Waals surface area contributed by atoms with Crippen molar-refractivity contribution in [3.63, 3.8) is 0 Å². The highest BCUT2D eigenvalue weighted by Gasteiger charge is 2.30. The van der Waals surface area contributed by atoms with Crippen molar-refractivity contribution in [3.8, 4) is 11.3 Å². The standard InChI is InChI=1S/C23H21N5O2S/c29-31(30,21-10-4-8-19-9-5-11-24-23(19)21)28-14-12-27(13-15-28)22-16-20(25-17-26-22)18-6-2-1-3-7-18/h1-11,16-17H,12-15H2. The summed E-state index contributed by atoms with van der Waals surface area (Å²) in [5, 5.41) is 0.816. The van der Waals surface area contributed by atoms with Gasteiger partial charge in [0.05, 0.1) is 11.2 Å². The summed E-state index contributed by atoms with van der Waals surface area (Å²) in [5.41, 5.74) is 2.38. The molecule has 0 saturated carbocycles. The SMILES string of the molecule is O=S(=O)(c1cccc2cccnc12)N1CCN(c2cc(-c3ccccc3)ncn2)CC1. The molecule has 0 amide bonds. The monoisotopic (exact) mass is 431 g/mol. The maximum atomic E-state index is 13.3. The van der Waals surface area contributed by atoms with Crippen LogP contribution < -0.4 is 4.90 Å². The average molecular weight is 432 g/mol. The van der Waals surface area contributed by atoms with Crippen molar-refractivity contribution in [2.45, 2.75) is 4.90 Å². The third-order valence-electron chi connectivity index (χ3n) is 5.50. The minimum Gasteiger partial charge on any atom is -0.354 e. The number of para-hydroxylation sites is 1. The molecule has 2 aromatic heterocycles. The van der Waals surface area contributed by atoms with Crippen molar-refractivity contribution in [1.82, 2.24) is 19.3 Å². The molecule has 31 heavy (non-hydrogen) atoms. The Kier molecular flexibility index (Phi) is 5.09. The van der Waals surface area contributed by atoms with Crippen molar-refractivity contribution < 1.29 is 8.42 Å². The normalized spacial score (nSPS) is 15.3. The molecule has 0 atom stereocenters. The zero-order valence-electron chi connectivity index (χ0n) is 16.8. The maximum Gasteiger partial charge on any atom is 0.245 e. The fourth-order valence-corrected chi connectivity index (χ4v) is 5.46. The van der Waals surface area contributed by atoms with Gasteiger partial charge in [0, 0.05) is 49.4 Å². The van der Waals surface area contributed by atoms with Gasteiger partial charge < -0.3 is 4.90 Å². The Balaban J connectivity index is 1.36. The number of aromatic nitrogens is 3. The number of rotatable bonds is 4. The molecule has 156 valence electrons. The molecule has 8 heteroatoms. The highest BCUT2D eigenvalue weighted by atomic mass is 32.2. The van der Waals surface area contributed by atoms with E-state index in [4.69, 9.17) is 0 Å². The molecular weight excluding hydrogens is 410 g/mol. The van der Waals surface area contributed by atoms with Gasteiger partial charge in [0.25, 0.3) is 0 Å². The number of benzene rings is 2. The van der Waals surface area contributed by atoms with Gasteiger partial charge in [0.1, 0.15) is 17.0 Å². The Morgan fingerprint density at radius 1 is 0.774 bits per heavy atom. The van der Waals surface area contributed by atoms with Crippen molar-refractivity contribution in [2.24, 2.45) is 0 Å². The van der Waals surface area contributed by atoms with E-state index >= 15 is 0 Å². The number of sulfonamides is 1. The molecule has 1 aliphatic heterocycles. The lowest BCUT2D eigenvalue weighted by Gasteiger charge is -2.34. The van der Waals surface area contributed by atoms with Crippen LogP contribution in [0.4, 0.5) is 5.82 Å². The average Bonchev–Trinajstić information content (AvgIpc) is 2.84. The molecule has 1 aliphatic rings. The first kappa shape index (κ1) is 19.6. The highest BCUT2D eigenvalue weighted by molar-refractivity contribution is 7.89. The summed E-state index contributed by atoms with van der Waals surface area (Å²) in [6, 6.07) is 20.8. The van der Waals surface area contributed by atoms with Crippen LogP contribution in [0.2, 0.25) is 0 Å². The summed E-state index contributed by atoms with van der Waals surface area (Å²) in [6.07, 6.45) is 3.18. The summed E-state index contributed by atoms with van der Waals surface area (Å²) in [6.45, 7) is 1.89. The zero-order chi connectivity index (χ0) is 21.3. The molecule has 4 aromatic rings. The lowest BCUT2D eigenvalue weighted by atomic mass is 10.1. The predicted octanol–water partition coefficient (Wildman–Crippen LogP) is 3.20. The zero-order valence-corrected chi connectivity index (χ0v) is 17.6. The van der Waals surface area contributed by atoms with E-state index in [1.54, 1.807) is 24.7 Å². The van der Waals surface area contributed by atoms with E-state index in [1.165, 1.54) is 4.31 Å². The van der Waals surface area contributed by atoms with Crippen molar-refractivity contribution in [1.29, 1.82) is 0 Å². The third kappa shape index (κ3) is 3.75. The second-order valence-electron chi connectivity index (χ2n) is 7.35. The van der Waals surface area contributed by atoms with Crippen molar-refractivity contribution in [2.75, 3.05) is 31.1 Å². The molecule has 0 radical (unpaired) electrons. The smallest absolute Gasteiger partial charge is 0.245 e. The number of piperazine rings is 1. The van der Waals surface area contributed by atoms with Crippen LogP contribution in [0.25, 0.3) is 22.2 Å². The lowest BCUT2D eigenvalue weighted by Crippen LogP contribution is -2.49. The van der Waals surface area contributed by atoms with Gasteiger partial charge in [0.15, 0.2) is 0 Å². The van der Waals surface area contributed by atoms with Gasteiger partial charge in [-0.1, -0.05) is 48.5 Å². The molecule has 5 rings (SSSR count). The number of hydrogen-bond donors (Lipinski definition) is 0. The number of hydrogen-bond acceptors (Lipinski definition) is 6. The van der Waals surface area contributed by atoms with Crippen LogP contribution in [-0.2, 0) is 10.0 Å². The Hall–Kier alpha value is -3.36. The van der Waals surface area contributed by atoms with Gasteiger partial charge in [-0.2, -0.15) is 4.31 Å². The molecule has 0 spiro atoms. The topological polar surface area (TPSA) is 79.3 Å². The Bertz CT molecular complexity index is 1310. The molecular formula is C23H21N5O2S. The molecule has 0 bridgehead atoms. The van der Waals surface area contributed by atoms with Crippen LogP contribution in [0.5, 0.6) is 0 Å². The Morgan fingerprint density at radius 3 is 2.35 bits per heavy atom. The molecule has 2 aromatic carbocycles. The van der Waals surface area contributed by atoms with Crippen LogP contribution in [0.15, 0.2) is 84.1 Å². The summed E-state index contributed by atoms with van der Waals surface area (Å²) in [5.74, 6) is 0.803. The van der Waals surface area contributed by atoms with Crippen LogP contribution >= 0.6 is 0 Å². The van der Waals surface area contributed by atoms with E-state index in [1.807, 2.05) is 54.6 Å². The van der Waals surface area contributed by atoms with Crippen LogP contribution in [-0.4, -0.2) is 53.9 Å². The van der Waals surface area contributed by atoms with Crippen molar-refractivity contribution in [3.05, 3.63) is 79.3 Å². The number of fused-ring (bicyclic) bond motifs is 1. The summed E-state index contributed by atoms with van der Waals surface area (Å²) >= 11 is 0. The second kappa shape index (κ2) is 8.05. The van der Waals surface area contributed by atoms with Gasteiger partial charge in [-0.25, -0.2) is 18.4 Å². The lowest BCUT2D eigenvalue weighted by molar-refractivity contribution is 0.384. The van der Waals surface area contributed by atoms with E-state index in [0.29, 0.717) is 31.7 Å². The van der Waals surface area contributed by atoms with E-state index in [9.17, 15) is 8.42 Å². The fourth-order valence-electron chi connectivity index (χ4n) is 3.87. The third-order valence-corrected chi connectivity index (χ3v) is 7.43. The minimum atomic E-state index is -3.63. The quantitative estimate of drug-likeness (QED) is 0.494. The Morgan fingerprint density at radius 2 is 1.55 bits per heavy atom. The van der Waals surface area contributed by atoms with Gasteiger partial charge in [-0.3, -0.25) is 4.98 Å². The summed E-state index contributed by atoms with van der Waals surface area (Å²) in [7, 11) is -3.63. The first-order chi connectivity index (χ1) is 15.1. The molecule has 0 N–H and O–H groups in total. The van der Waals surface area contributed by atoms with E-state index in [2.05, 4.69) is 19.9 Å². The van der Waals surface area contributed by atoms with Crippen LogP contribution in [0, 0.1) is 0 Å². The van der Waals surface area contributed by atoms with Gasteiger partial charge >= 0.3 is 0 Å². The highest BCUT2D eigenvalue weighted by Crippen LogP contribution is 2.26. The number of anilines is 1. The van der Waals surface area contributed by atoms with Gasteiger partial charge in [-0.05, 0) is 12.1 Å². The van der Waals surface area contributed by atoms with Gasteiger partial charge in [0.2, 0.25) is 10.0 Å². The molecule has 0 aliphatic carbocycles. The van der Waals surface area contributed by atoms with Crippen LogP contribution in [0.1, 0.15) is 0 Å². The molecule has 3 heterocycles. The molecule has 7 nitrogen and oxygen atoms in total. The van der Waals surface area contributed by atoms with E-state index < -0.39 is 10.0 Å². The number of pyridine rings is 1. The number of nitrogens with zero attached hydrogens (tertiary/aromatic N) is 5. The predicted molar refractivity (Wildman–Crippen MR) is 120 cm³/mol. The fraction of sp³-hybridized carbons (Fsp3) is 0.174. The first-order valence-electron chi connectivity index (χ1n) is 10.1.